The van der Waals surface area contributed by atoms with Gasteiger partial charge in [-0.3, -0.25) is 0 Å². The number of benzene rings is 3. The van der Waals surface area contributed by atoms with E-state index in [1.165, 1.54) is 5.56 Å². The monoisotopic (exact) mass is 466 g/mol. The normalized spacial score (nSPS) is 20.9. The third kappa shape index (κ3) is 3.63. The Morgan fingerprint density at radius 2 is 1.45 bits per heavy atom. The Bertz CT molecular complexity index is 1010. The van der Waals surface area contributed by atoms with E-state index in [0.717, 1.165) is 40.7 Å². The third-order valence-corrected chi connectivity index (χ3v) is 6.71. The fourth-order valence-corrected chi connectivity index (χ4v) is 5.32. The van der Waals surface area contributed by atoms with Gasteiger partial charge in [-0.05, 0) is 41.4 Å². The maximum absolute atomic E-state index is 11.9. The molecule has 0 fully saturated rings. The summed E-state index contributed by atoms with van der Waals surface area (Å²) in [5, 5.41) is 13.1. The van der Waals surface area contributed by atoms with Crippen LogP contribution in [0.5, 0.6) is 0 Å². The lowest BCUT2D eigenvalue weighted by atomic mass is 9.97. The Morgan fingerprint density at radius 1 is 0.828 bits per heavy atom. The Hall–Kier alpha value is -2.08. The van der Waals surface area contributed by atoms with Crippen LogP contribution in [-0.4, -0.2) is 33.7 Å². The Morgan fingerprint density at radius 3 is 2.14 bits per heavy atom. The fourth-order valence-electron chi connectivity index (χ4n) is 4.14. The van der Waals surface area contributed by atoms with Gasteiger partial charge in [-0.2, -0.15) is 4.90 Å². The second kappa shape index (κ2) is 8.34. The van der Waals surface area contributed by atoms with Gasteiger partial charge in [-0.15, -0.1) is 0 Å². The molecule has 0 amide bonds. The summed E-state index contributed by atoms with van der Waals surface area (Å²) >= 11 is 1.84. The van der Waals surface area contributed by atoms with Crippen molar-refractivity contribution in [1.82, 2.24) is 0 Å². The highest BCUT2D eigenvalue weighted by Gasteiger charge is 2.55. The Kier molecular flexibility index (Phi) is 5.81. The molecule has 29 heavy (non-hydrogen) atoms. The zero-order valence-corrected chi connectivity index (χ0v) is 18.4. The summed E-state index contributed by atoms with van der Waals surface area (Å²) in [6.07, 6.45) is 1.15. The molecule has 0 bridgehead atoms. The molecule has 5 heteroatoms. The molecule has 0 saturated carbocycles. The predicted octanol–water partition coefficient (Wildman–Crippen LogP) is 1.53. The summed E-state index contributed by atoms with van der Waals surface area (Å²) in [7, 11) is 0. The van der Waals surface area contributed by atoms with Crippen LogP contribution in [0.25, 0.3) is 11.1 Å². The maximum atomic E-state index is 11.9. The number of thioether (sulfide) groups is 1. The highest BCUT2D eigenvalue weighted by molar-refractivity contribution is 8.14. The van der Waals surface area contributed by atoms with Gasteiger partial charge in [0.25, 0.3) is 5.72 Å². The molecule has 148 valence electrons. The first kappa shape index (κ1) is 20.2. The van der Waals surface area contributed by atoms with Gasteiger partial charge in [0.2, 0.25) is 0 Å². The summed E-state index contributed by atoms with van der Waals surface area (Å²) < 4.78 is 2.33. The van der Waals surface area contributed by atoms with E-state index < -0.39 is 5.72 Å². The average Bonchev–Trinajstić information content (AvgIpc) is 3.08. The van der Waals surface area contributed by atoms with Gasteiger partial charge in [0, 0.05) is 11.3 Å². The van der Waals surface area contributed by atoms with E-state index in [2.05, 4.69) is 70.1 Å². The molecule has 3 aromatic carbocycles. The molecule has 0 aromatic heterocycles. The van der Waals surface area contributed by atoms with Gasteiger partial charge >= 0.3 is 5.17 Å². The molecule has 0 saturated heterocycles. The van der Waals surface area contributed by atoms with Gasteiger partial charge in [0.1, 0.15) is 5.69 Å². The predicted molar refractivity (Wildman–Crippen MR) is 117 cm³/mol. The van der Waals surface area contributed by atoms with Crippen molar-refractivity contribution in [1.29, 1.82) is 0 Å². The van der Waals surface area contributed by atoms with Crippen molar-refractivity contribution in [3.05, 3.63) is 90.5 Å². The van der Waals surface area contributed by atoms with Gasteiger partial charge in [-0.25, -0.2) is 4.58 Å². The average molecular weight is 467 g/mol. The molecule has 0 aliphatic carbocycles. The smallest absolute Gasteiger partial charge is 0.316 e. The SMILES string of the molecule is OC1(c2ccc(-c3ccccc3)cc2)C[N+]2=C(SCCC2)N1c1ccccc1.[Br-]. The van der Waals surface area contributed by atoms with Crippen LogP contribution in [0.1, 0.15) is 12.0 Å². The summed E-state index contributed by atoms with van der Waals surface area (Å²) in [6.45, 7) is 1.59. The number of anilines is 1. The first-order valence-electron chi connectivity index (χ1n) is 9.74. The van der Waals surface area contributed by atoms with Crippen LogP contribution in [0.4, 0.5) is 5.69 Å². The van der Waals surface area contributed by atoms with Crippen LogP contribution in [0.3, 0.4) is 0 Å². The van der Waals surface area contributed by atoms with E-state index >= 15 is 0 Å². The first-order valence-corrected chi connectivity index (χ1v) is 10.7. The molecule has 3 nitrogen and oxygen atoms in total. The number of halogens is 1. The van der Waals surface area contributed by atoms with E-state index in [4.69, 9.17) is 0 Å². The molecule has 2 aliphatic heterocycles. The second-order valence-corrected chi connectivity index (χ2v) is 8.40. The second-order valence-electron chi connectivity index (χ2n) is 7.34. The summed E-state index contributed by atoms with van der Waals surface area (Å²) in [4.78, 5) is 2.12. The van der Waals surface area contributed by atoms with Gasteiger partial charge < -0.3 is 22.1 Å². The molecule has 0 radical (unpaired) electrons. The van der Waals surface area contributed by atoms with Gasteiger partial charge in [0.05, 0.1) is 6.54 Å². The minimum absolute atomic E-state index is 0. The molecule has 1 unspecified atom stereocenters. The minimum atomic E-state index is -1.07. The van der Waals surface area contributed by atoms with Crippen molar-refractivity contribution < 1.29 is 26.7 Å². The van der Waals surface area contributed by atoms with Crippen molar-refractivity contribution in [2.45, 2.75) is 12.1 Å². The van der Waals surface area contributed by atoms with Gasteiger partial charge in [-0.1, -0.05) is 72.8 Å². The first-order chi connectivity index (χ1) is 13.8. The zero-order valence-electron chi connectivity index (χ0n) is 16.0. The lowest BCUT2D eigenvalue weighted by molar-refractivity contribution is -0.532. The molecule has 5 rings (SSSR count). The minimum Gasteiger partial charge on any atom is -1.00 e. The van der Waals surface area contributed by atoms with E-state index in [1.54, 1.807) is 0 Å². The Balaban J connectivity index is 0.00000205. The zero-order chi connectivity index (χ0) is 19.0. The topological polar surface area (TPSA) is 26.5 Å². The number of aliphatic hydroxyl groups is 1. The lowest BCUT2D eigenvalue weighted by Gasteiger charge is -2.28. The van der Waals surface area contributed by atoms with Crippen molar-refractivity contribution >= 4 is 22.6 Å². The van der Waals surface area contributed by atoms with Crippen molar-refractivity contribution in [3.63, 3.8) is 0 Å². The van der Waals surface area contributed by atoms with Crippen molar-refractivity contribution in [2.75, 3.05) is 23.7 Å². The molecule has 0 spiro atoms. The standard InChI is InChI=1S/C24H23N2OS.BrH/c27-24(21-14-12-20(13-15-21)19-8-3-1-4-9-19)18-25-16-7-17-28-23(25)26(24)22-10-5-2-6-11-22;/h1-6,8-15,27H,7,16-18H2;1H/q+1;/p-1. The molecule has 2 aliphatic rings. The maximum Gasteiger partial charge on any atom is 0.316 e. The van der Waals surface area contributed by atoms with Crippen LogP contribution in [0, 0.1) is 0 Å². The summed E-state index contributed by atoms with van der Waals surface area (Å²) in [6, 6.07) is 29.0. The molecule has 1 N–H and O–H groups in total. The number of hydrogen-bond acceptors (Lipinski definition) is 3. The molecule has 3 aromatic rings. The number of nitrogens with zero attached hydrogens (tertiary/aromatic N) is 2. The van der Waals surface area contributed by atoms with Crippen LogP contribution >= 0.6 is 11.8 Å². The largest absolute Gasteiger partial charge is 1.00 e. The highest BCUT2D eigenvalue weighted by Crippen LogP contribution is 2.40. The van der Waals surface area contributed by atoms with Gasteiger partial charge in [0.15, 0.2) is 6.54 Å². The van der Waals surface area contributed by atoms with E-state index in [9.17, 15) is 5.11 Å². The number of amidine groups is 1. The van der Waals surface area contributed by atoms with Crippen LogP contribution in [-0.2, 0) is 5.72 Å². The molecular formula is C24H23BrN2OS. The number of hydrogen-bond donors (Lipinski definition) is 1. The lowest BCUT2D eigenvalue weighted by Crippen LogP contribution is -3.00. The van der Waals surface area contributed by atoms with Crippen molar-refractivity contribution in [3.8, 4) is 11.1 Å². The van der Waals surface area contributed by atoms with Crippen LogP contribution < -0.4 is 21.9 Å². The van der Waals surface area contributed by atoms with Crippen molar-refractivity contribution in [2.24, 2.45) is 0 Å². The van der Waals surface area contributed by atoms with E-state index in [-0.39, 0.29) is 17.0 Å². The summed E-state index contributed by atoms with van der Waals surface area (Å²) in [5.74, 6) is 1.10. The third-order valence-electron chi connectivity index (χ3n) is 5.52. The van der Waals surface area contributed by atoms with Crippen LogP contribution in [0.15, 0.2) is 84.9 Å². The highest BCUT2D eigenvalue weighted by atomic mass is 79.9. The fraction of sp³-hybridized carbons (Fsp3) is 0.208. The number of para-hydroxylation sites is 1. The molecule has 1 atom stereocenters. The van der Waals surface area contributed by atoms with Crippen LogP contribution in [0.2, 0.25) is 0 Å². The summed E-state index contributed by atoms with van der Waals surface area (Å²) in [5.41, 5.74) is 3.25. The number of rotatable bonds is 3. The van der Waals surface area contributed by atoms with E-state index in [1.807, 2.05) is 36.0 Å². The van der Waals surface area contributed by atoms with E-state index in [0.29, 0.717) is 6.54 Å². The Labute approximate surface area is 186 Å². The molecule has 2 heterocycles. The quantitative estimate of drug-likeness (QED) is 0.592. The molecular weight excluding hydrogens is 444 g/mol.